The molecule has 10 heteroatoms. The average molecular weight is 1410 g/mol. The molecule has 0 aliphatic rings. The molecule has 0 aromatic carbocycles. The number of rotatable bonds is 75. The zero-order chi connectivity index (χ0) is 72.5. The van der Waals surface area contributed by atoms with Gasteiger partial charge in [-0.2, -0.15) is 0 Å². The van der Waals surface area contributed by atoms with Crippen LogP contribution in [0.3, 0.4) is 0 Å². The molecule has 0 aliphatic carbocycles. The van der Waals surface area contributed by atoms with Gasteiger partial charge in [0, 0.05) is 12.8 Å². The number of nitrogens with zero attached hydrogens (tertiary/aromatic N) is 1. The first-order valence-corrected chi connectivity index (χ1v) is 42.7. The second kappa shape index (κ2) is 78.8. The van der Waals surface area contributed by atoms with Gasteiger partial charge in [-0.1, -0.05) is 371 Å². The molecular weight excluding hydrogens is 1250 g/mol. The molecule has 0 aromatic heterocycles. The Hall–Kier alpha value is -4.37. The first-order valence-electron chi connectivity index (χ1n) is 41.2. The van der Waals surface area contributed by atoms with Crippen LogP contribution in [0.1, 0.15) is 348 Å². The quantitative estimate of drug-likeness (QED) is 0.0211. The van der Waals surface area contributed by atoms with E-state index in [4.69, 9.17) is 18.5 Å². The summed E-state index contributed by atoms with van der Waals surface area (Å²) in [6, 6.07) is 0. The third kappa shape index (κ3) is 82.6. The highest BCUT2D eigenvalue weighted by molar-refractivity contribution is 7.47. The second-order valence-corrected chi connectivity index (χ2v) is 29.8. The first kappa shape index (κ1) is 95.6. The van der Waals surface area contributed by atoms with Gasteiger partial charge in [0.25, 0.3) is 0 Å². The van der Waals surface area contributed by atoms with Gasteiger partial charge in [0.1, 0.15) is 19.8 Å². The lowest BCUT2D eigenvalue weighted by Gasteiger charge is -2.24. The summed E-state index contributed by atoms with van der Waals surface area (Å²) in [7, 11) is 1.47. The topological polar surface area (TPSA) is 108 Å². The Labute approximate surface area is 617 Å². The van der Waals surface area contributed by atoms with E-state index in [2.05, 4.69) is 172 Å². The number of ether oxygens (including phenoxy) is 2. The zero-order valence-electron chi connectivity index (χ0n) is 65.4. The minimum atomic E-state index is -4.41. The van der Waals surface area contributed by atoms with Crippen molar-refractivity contribution in [2.24, 2.45) is 0 Å². The molecule has 0 saturated carbocycles. The van der Waals surface area contributed by atoms with E-state index >= 15 is 0 Å². The summed E-state index contributed by atoms with van der Waals surface area (Å²) < 4.78 is 34.8. The summed E-state index contributed by atoms with van der Waals surface area (Å²) in [5, 5.41) is 0. The van der Waals surface area contributed by atoms with E-state index in [1.54, 1.807) is 0 Å². The number of allylic oxidation sites excluding steroid dienone is 26. The fraction of sp³-hybridized carbons (Fsp3) is 0.689. The summed E-state index contributed by atoms with van der Waals surface area (Å²) in [5.74, 6) is -0.796. The molecule has 2 atom stereocenters. The van der Waals surface area contributed by atoms with Crippen molar-refractivity contribution in [2.45, 2.75) is 354 Å². The largest absolute Gasteiger partial charge is 0.472 e. The van der Waals surface area contributed by atoms with Gasteiger partial charge in [0.15, 0.2) is 6.10 Å². The van der Waals surface area contributed by atoms with E-state index < -0.39 is 26.5 Å². The molecule has 0 aliphatic heterocycles. The highest BCUT2D eigenvalue weighted by atomic mass is 31.2. The molecule has 0 amide bonds. The van der Waals surface area contributed by atoms with Crippen molar-refractivity contribution in [1.29, 1.82) is 0 Å². The highest BCUT2D eigenvalue weighted by Crippen LogP contribution is 2.43. The Morgan fingerprint density at radius 1 is 0.310 bits per heavy atom. The lowest BCUT2D eigenvalue weighted by atomic mass is 10.0. The van der Waals surface area contributed by atoms with Gasteiger partial charge >= 0.3 is 19.8 Å². The third-order valence-corrected chi connectivity index (χ3v) is 18.5. The lowest BCUT2D eigenvalue weighted by molar-refractivity contribution is -0.870. The fourth-order valence-corrected chi connectivity index (χ4v) is 12.1. The monoisotopic (exact) mass is 1410 g/mol. The fourth-order valence-electron chi connectivity index (χ4n) is 11.4. The average Bonchev–Trinajstić information content (AvgIpc) is 1.65. The summed E-state index contributed by atoms with van der Waals surface area (Å²) in [4.78, 5) is 36.0. The van der Waals surface area contributed by atoms with Crippen LogP contribution in [0.2, 0.25) is 0 Å². The van der Waals surface area contributed by atoms with Crippen LogP contribution in [-0.4, -0.2) is 74.9 Å². The van der Waals surface area contributed by atoms with Crippen LogP contribution < -0.4 is 0 Å². The SMILES string of the molecule is CC/C=C\C/C=C\C/C=C\C/C=C\C/C=C\C/C=C\C/C=C\C/C=C\CCCCCCCCCCCCC(=O)OC(COC(=O)CCCCCCCCCCCCCCCCCCCCCCCCCCC/C=C\C/C=C\C/C=C\C/C=C\C/C=C\CC)COP(=O)(O)OCC[N+](C)(C)C. The predicted molar refractivity (Wildman–Crippen MR) is 436 cm³/mol. The summed E-state index contributed by atoms with van der Waals surface area (Å²) >= 11 is 0. The van der Waals surface area contributed by atoms with Gasteiger partial charge < -0.3 is 18.9 Å². The van der Waals surface area contributed by atoms with Gasteiger partial charge in [-0.3, -0.25) is 18.6 Å². The molecule has 0 saturated heterocycles. The predicted octanol–water partition coefficient (Wildman–Crippen LogP) is 27.8. The molecule has 0 radical (unpaired) electrons. The number of hydrogen-bond donors (Lipinski definition) is 1. The van der Waals surface area contributed by atoms with Crippen LogP contribution >= 0.6 is 7.82 Å². The Kier molecular flexibility index (Phi) is 75.3. The number of carbonyl (C=O) groups excluding carboxylic acids is 2. The van der Waals surface area contributed by atoms with Crippen molar-refractivity contribution in [2.75, 3.05) is 47.5 Å². The number of phosphoric ester groups is 1. The van der Waals surface area contributed by atoms with Crippen LogP contribution in [0.5, 0.6) is 0 Å². The molecule has 9 nitrogen and oxygen atoms in total. The van der Waals surface area contributed by atoms with E-state index in [-0.39, 0.29) is 32.0 Å². The van der Waals surface area contributed by atoms with Crippen molar-refractivity contribution in [1.82, 2.24) is 0 Å². The molecule has 0 heterocycles. The van der Waals surface area contributed by atoms with Crippen molar-refractivity contribution < 1.29 is 42.1 Å². The number of quaternary nitrogens is 1. The number of esters is 2. The van der Waals surface area contributed by atoms with Crippen molar-refractivity contribution in [3.63, 3.8) is 0 Å². The standard InChI is InChI=1S/C90H154NO8P/c1-6-8-10-12-14-16-18-20-22-24-26-28-30-32-34-36-38-40-42-43-44-45-46-47-49-50-52-54-56-58-60-62-64-66-68-70-72-74-76-78-80-82-89(92)96-86-88(87-98-100(94,95)97-85-84-91(3,4)5)99-90(93)83-81-79-77-75-73-71-69-67-65-63-61-59-57-55-53-51-48-41-39-37-35-33-31-29-27-25-23-21-19-17-15-13-11-9-7-2/h8-11,14-17,20-23,26-29,32-35,39,41,51,53,57,59,88H,6-7,12-13,18-19,24-25,30-31,36-38,40,42-50,52,54-56,58,60-87H2,1-5H3/p+1/b10-8-,11-9-,16-14-,17-15-,22-20-,23-21-,28-26-,29-27-,34-32-,35-33-,41-39-,53-51-,59-57-. The van der Waals surface area contributed by atoms with E-state index in [1.165, 1.54) is 186 Å². The zero-order valence-corrected chi connectivity index (χ0v) is 66.3. The molecule has 0 fully saturated rings. The molecular formula is C90H155NO8P+. The smallest absolute Gasteiger partial charge is 0.462 e. The van der Waals surface area contributed by atoms with Crippen LogP contribution in [0, 0.1) is 0 Å². The molecule has 0 aromatic rings. The van der Waals surface area contributed by atoms with Crippen LogP contribution in [0.15, 0.2) is 158 Å². The number of carbonyl (C=O) groups is 2. The van der Waals surface area contributed by atoms with Gasteiger partial charge in [-0.15, -0.1) is 0 Å². The first-order chi connectivity index (χ1) is 49.0. The number of hydrogen-bond acceptors (Lipinski definition) is 7. The molecule has 100 heavy (non-hydrogen) atoms. The highest BCUT2D eigenvalue weighted by Gasteiger charge is 2.27. The van der Waals surface area contributed by atoms with Crippen molar-refractivity contribution >= 4 is 19.8 Å². The number of phosphoric acid groups is 1. The lowest BCUT2D eigenvalue weighted by Crippen LogP contribution is -2.37. The maximum Gasteiger partial charge on any atom is 0.472 e. The maximum absolute atomic E-state index is 12.9. The normalized spacial score (nSPS) is 13.9. The van der Waals surface area contributed by atoms with Crippen LogP contribution in [-0.2, 0) is 32.7 Å². The minimum absolute atomic E-state index is 0.0262. The van der Waals surface area contributed by atoms with Gasteiger partial charge in [0.05, 0.1) is 27.7 Å². The Bertz CT molecular complexity index is 2250. The Morgan fingerprint density at radius 3 is 0.800 bits per heavy atom. The van der Waals surface area contributed by atoms with E-state index in [1.807, 2.05) is 21.1 Å². The van der Waals surface area contributed by atoms with Gasteiger partial charge in [0.2, 0.25) is 0 Å². The summed E-state index contributed by atoms with van der Waals surface area (Å²) in [6.45, 7) is 4.22. The molecule has 1 N–H and O–H groups in total. The van der Waals surface area contributed by atoms with Gasteiger partial charge in [-0.25, -0.2) is 4.57 Å². The molecule has 2 unspecified atom stereocenters. The Balaban J connectivity index is 3.96. The molecule has 0 spiro atoms. The van der Waals surface area contributed by atoms with Crippen molar-refractivity contribution in [3.8, 4) is 0 Å². The second-order valence-electron chi connectivity index (χ2n) is 28.4. The van der Waals surface area contributed by atoms with E-state index in [9.17, 15) is 19.0 Å². The number of likely N-dealkylation sites (N-methyl/N-ethyl adjacent to an activating group) is 1. The summed E-state index contributed by atoms with van der Waals surface area (Å²) in [6.07, 6.45) is 118. The molecule has 572 valence electrons. The maximum atomic E-state index is 12.9. The minimum Gasteiger partial charge on any atom is -0.462 e. The molecule has 0 rings (SSSR count). The van der Waals surface area contributed by atoms with E-state index in [0.29, 0.717) is 17.4 Å². The van der Waals surface area contributed by atoms with Gasteiger partial charge in [-0.05, 0) is 122 Å². The van der Waals surface area contributed by atoms with Crippen molar-refractivity contribution in [3.05, 3.63) is 158 Å². The number of unbranched alkanes of at least 4 members (excludes halogenated alkanes) is 35. The molecule has 0 bridgehead atoms. The Morgan fingerprint density at radius 2 is 0.540 bits per heavy atom. The van der Waals surface area contributed by atoms with Crippen LogP contribution in [0.25, 0.3) is 0 Å². The van der Waals surface area contributed by atoms with Crippen LogP contribution in [0.4, 0.5) is 0 Å². The summed E-state index contributed by atoms with van der Waals surface area (Å²) in [5.41, 5.74) is 0. The third-order valence-electron chi connectivity index (χ3n) is 17.6. The van der Waals surface area contributed by atoms with E-state index in [0.717, 1.165) is 128 Å².